The minimum absolute atomic E-state index is 0.189. The largest absolute Gasteiger partial charge is 0.399 e. The lowest BCUT2D eigenvalue weighted by Gasteiger charge is -2.37. The van der Waals surface area contributed by atoms with Gasteiger partial charge in [0.15, 0.2) is 0 Å². The molecule has 15 heteroatoms. The molecule has 4 fully saturated rings. The number of rotatable bonds is 7. The van der Waals surface area contributed by atoms with Crippen LogP contribution in [0.15, 0.2) is 71.8 Å². The molecule has 2 saturated carbocycles. The summed E-state index contributed by atoms with van der Waals surface area (Å²) in [4.78, 5) is 56.7. The summed E-state index contributed by atoms with van der Waals surface area (Å²) in [7, 11) is 1.60. The Labute approximate surface area is 456 Å². The second-order valence-electron chi connectivity index (χ2n) is 20.4. The molecule has 4 aromatic rings. The topological polar surface area (TPSA) is 105 Å². The van der Waals surface area contributed by atoms with Gasteiger partial charge in [0.05, 0.1) is 17.1 Å². The molecular weight excluding hydrogens is 1190 g/mol. The van der Waals surface area contributed by atoms with Crippen LogP contribution in [0.2, 0.25) is 10.0 Å². The minimum Gasteiger partial charge on any atom is -0.399 e. The van der Waals surface area contributed by atoms with Gasteiger partial charge >= 0.3 is 0 Å². The van der Waals surface area contributed by atoms with Crippen LogP contribution in [0.4, 0.5) is 0 Å². The molecule has 2 amide bonds. The van der Waals surface area contributed by atoms with Crippen molar-refractivity contribution >= 4 is 110 Å². The molecule has 2 aliphatic heterocycles. The maximum Gasteiger partial charge on any atom is 0.222 e. The molecule has 2 aromatic carbocycles. The maximum atomic E-state index is 13.2. The number of fused-ring (bicyclic) bond motifs is 4. The van der Waals surface area contributed by atoms with Crippen LogP contribution in [0.1, 0.15) is 146 Å². The Hall–Kier alpha value is -2.68. The fraction of sp³-hybridized carbons (Fsp3) is 0.527. The molecular formula is C55H61Br4Cl2N5O4. The number of Topliss-reactive ketones (excluding diaryl/α,β-unsaturated/α-hetero) is 1. The highest BCUT2D eigenvalue weighted by Gasteiger charge is 2.39. The first-order chi connectivity index (χ1) is 33.8. The zero-order valence-corrected chi connectivity index (χ0v) is 47.6. The summed E-state index contributed by atoms with van der Waals surface area (Å²) >= 11 is 27.8. The lowest BCUT2D eigenvalue weighted by Crippen LogP contribution is -2.41. The molecule has 4 aliphatic carbocycles. The van der Waals surface area contributed by atoms with E-state index in [9.17, 15) is 14.4 Å². The zero-order chi connectivity index (χ0) is 49.1. The van der Waals surface area contributed by atoms with Crippen LogP contribution < -0.4 is 0 Å². The van der Waals surface area contributed by atoms with E-state index in [0.29, 0.717) is 61.0 Å². The van der Waals surface area contributed by atoms with Gasteiger partial charge in [0.1, 0.15) is 12.9 Å². The summed E-state index contributed by atoms with van der Waals surface area (Å²) in [6, 6.07) is 12.7. The van der Waals surface area contributed by atoms with Gasteiger partial charge in [-0.05, 0) is 215 Å². The molecule has 372 valence electrons. The first kappa shape index (κ1) is 52.2. The van der Waals surface area contributed by atoms with E-state index in [-0.39, 0.29) is 17.7 Å². The predicted molar refractivity (Wildman–Crippen MR) is 292 cm³/mol. The molecule has 4 heterocycles. The van der Waals surface area contributed by atoms with E-state index in [4.69, 9.17) is 38.0 Å². The smallest absolute Gasteiger partial charge is 0.222 e. The van der Waals surface area contributed by atoms with Crippen molar-refractivity contribution in [1.29, 1.82) is 0 Å². The summed E-state index contributed by atoms with van der Waals surface area (Å²) in [5.74, 6) is 2.97. The minimum atomic E-state index is 0.189. The summed E-state index contributed by atoms with van der Waals surface area (Å²) in [6.07, 6.45) is 19.7. The van der Waals surface area contributed by atoms with E-state index in [1.165, 1.54) is 44.8 Å². The SMILES string of the molecule is CON=C1CCC(CC(=O)N2CCC([C@H]3c4ncc(Br)cc4CCc4cc(Cl)cc(Br)c43)CC2)CC1.O=C1CCC(CC(=O)N2CCC([C@H]3c4ncc(Br)cc4CCc4cc(Cl)cc(Br)c43)CC2)CC1. The van der Waals surface area contributed by atoms with Crippen LogP contribution in [-0.4, -0.2) is 76.4 Å². The number of halogens is 6. The van der Waals surface area contributed by atoms with Gasteiger partial charge in [-0.1, -0.05) is 60.2 Å². The fourth-order valence-corrected chi connectivity index (χ4v) is 15.4. The molecule has 0 spiro atoms. The number of carbonyl (C=O) groups excluding carboxylic acids is 3. The van der Waals surface area contributed by atoms with Gasteiger partial charge in [-0.25, -0.2) is 0 Å². The third-order valence-corrected chi connectivity index (χ3v) is 18.7. The molecule has 0 N–H and O–H groups in total. The standard InChI is InChI=1S/C28H32Br2ClN3O2.C27H29Br2ClN2O2/c1-36-33-23-6-2-17(3-7-23)12-25(35)34-10-8-18(9-11-34)27-26-19(14-22(31)15-24(26)30)4-5-20-13-21(29)16-32-28(20)27;28-20-12-19-4-3-18-13-21(30)14-23(29)25(18)26(27(19)31-15-20)17-7-9-32(10-8-17)24(34)11-16-1-5-22(33)6-2-16/h13-18,27H,2-12H2,1H3;12-17,26H,1-11H2/t17?,27-;26-/m11/s1. The molecule has 0 bridgehead atoms. The second-order valence-corrected chi connectivity index (χ2v) is 24.8. The molecule has 9 nitrogen and oxygen atoms in total. The monoisotopic (exact) mass is 1240 g/mol. The number of ketones is 1. The number of likely N-dealkylation sites (tertiary alicyclic amines) is 2. The third kappa shape index (κ3) is 12.3. The third-order valence-electron chi connectivity index (χ3n) is 16.1. The number of piperidine rings is 2. The van der Waals surface area contributed by atoms with Crippen LogP contribution in [0, 0.1) is 23.7 Å². The lowest BCUT2D eigenvalue weighted by atomic mass is 9.76. The van der Waals surface area contributed by atoms with Crippen molar-refractivity contribution in [1.82, 2.24) is 19.8 Å². The Morgan fingerprint density at radius 3 is 1.40 bits per heavy atom. The fourth-order valence-electron chi connectivity index (χ4n) is 12.4. The van der Waals surface area contributed by atoms with Crippen LogP contribution in [0.25, 0.3) is 0 Å². The predicted octanol–water partition coefficient (Wildman–Crippen LogP) is 14.2. The van der Waals surface area contributed by atoms with Crippen molar-refractivity contribution in [3.8, 4) is 0 Å². The number of nitrogens with zero attached hydrogens (tertiary/aromatic N) is 5. The zero-order valence-electron chi connectivity index (χ0n) is 39.8. The Morgan fingerprint density at radius 1 is 0.586 bits per heavy atom. The summed E-state index contributed by atoms with van der Waals surface area (Å²) in [6.45, 7) is 3.21. The van der Waals surface area contributed by atoms with Gasteiger partial charge in [-0.15, -0.1) is 0 Å². The quantitative estimate of drug-likeness (QED) is 0.171. The molecule has 70 heavy (non-hydrogen) atoms. The first-order valence-electron chi connectivity index (χ1n) is 25.2. The Balaban J connectivity index is 0.000000174. The van der Waals surface area contributed by atoms with Crippen molar-refractivity contribution in [2.75, 3.05) is 33.3 Å². The van der Waals surface area contributed by atoms with Crippen LogP contribution >= 0.6 is 86.9 Å². The Morgan fingerprint density at radius 2 is 0.986 bits per heavy atom. The average molecular weight is 1250 g/mol. The normalized spacial score (nSPS) is 22.1. The summed E-state index contributed by atoms with van der Waals surface area (Å²) in [5.41, 5.74) is 11.3. The van der Waals surface area contributed by atoms with Crippen LogP contribution in [0.3, 0.4) is 0 Å². The number of oxime groups is 1. The van der Waals surface area contributed by atoms with E-state index in [2.05, 4.69) is 103 Å². The highest BCUT2D eigenvalue weighted by atomic mass is 79.9. The number of amides is 2. The van der Waals surface area contributed by atoms with Gasteiger partial charge in [0.2, 0.25) is 11.8 Å². The Bertz CT molecular complexity index is 2610. The number of benzene rings is 2. The van der Waals surface area contributed by atoms with E-state index < -0.39 is 0 Å². The molecule has 6 aliphatic rings. The molecule has 10 rings (SSSR count). The lowest BCUT2D eigenvalue weighted by molar-refractivity contribution is -0.135. The number of pyridine rings is 2. The van der Waals surface area contributed by atoms with Gasteiger partial charge in [0, 0.05) is 104 Å². The number of aromatic nitrogens is 2. The van der Waals surface area contributed by atoms with E-state index in [0.717, 1.165) is 150 Å². The van der Waals surface area contributed by atoms with Gasteiger partial charge < -0.3 is 14.6 Å². The van der Waals surface area contributed by atoms with Crippen molar-refractivity contribution < 1.29 is 19.2 Å². The van der Waals surface area contributed by atoms with Gasteiger partial charge in [-0.3, -0.25) is 24.4 Å². The summed E-state index contributed by atoms with van der Waals surface area (Å²) in [5, 5.41) is 5.62. The molecule has 2 atom stereocenters. The number of carbonyl (C=O) groups is 3. The highest BCUT2D eigenvalue weighted by molar-refractivity contribution is 9.11. The van der Waals surface area contributed by atoms with Crippen LogP contribution in [-0.2, 0) is 44.9 Å². The van der Waals surface area contributed by atoms with E-state index in [1.807, 2.05) is 24.5 Å². The van der Waals surface area contributed by atoms with Crippen molar-refractivity contribution in [3.05, 3.63) is 121 Å². The number of hydrogen-bond acceptors (Lipinski definition) is 7. The van der Waals surface area contributed by atoms with E-state index in [1.54, 1.807) is 7.11 Å². The number of aryl methyl sites for hydroxylation is 4. The summed E-state index contributed by atoms with van der Waals surface area (Å²) < 4.78 is 4.16. The van der Waals surface area contributed by atoms with Crippen molar-refractivity contribution in [2.45, 2.75) is 127 Å². The van der Waals surface area contributed by atoms with Crippen molar-refractivity contribution in [3.63, 3.8) is 0 Å². The molecule has 2 aromatic heterocycles. The highest BCUT2D eigenvalue weighted by Crippen LogP contribution is 2.48. The Kier molecular flexibility index (Phi) is 17.7. The van der Waals surface area contributed by atoms with Gasteiger partial charge in [-0.2, -0.15) is 0 Å². The molecule has 2 saturated heterocycles. The number of hydrogen-bond donors (Lipinski definition) is 0. The van der Waals surface area contributed by atoms with Gasteiger partial charge in [0.25, 0.3) is 0 Å². The van der Waals surface area contributed by atoms with Crippen molar-refractivity contribution in [2.24, 2.45) is 28.8 Å². The van der Waals surface area contributed by atoms with Crippen LogP contribution in [0.5, 0.6) is 0 Å². The average Bonchev–Trinajstić information content (AvgIpc) is 3.61. The molecule has 0 radical (unpaired) electrons. The maximum absolute atomic E-state index is 13.2. The first-order valence-corrected chi connectivity index (χ1v) is 29.1. The molecule has 0 unspecified atom stereocenters. The van der Waals surface area contributed by atoms with E-state index >= 15 is 0 Å². The second kappa shape index (κ2) is 23.7.